The molecule has 0 saturated carbocycles. The van der Waals surface area contributed by atoms with Gasteiger partial charge in [0.25, 0.3) is 5.91 Å². The first-order valence-electron chi connectivity index (χ1n) is 5.50. The molecule has 2 rings (SSSR count). The number of hydrogen-bond acceptors (Lipinski definition) is 3. The highest BCUT2D eigenvalue weighted by molar-refractivity contribution is 6.33. The molecule has 0 bridgehead atoms. The van der Waals surface area contributed by atoms with E-state index >= 15 is 0 Å². The molecule has 0 saturated heterocycles. The largest absolute Gasteiger partial charge is 0.384 e. The van der Waals surface area contributed by atoms with Crippen molar-refractivity contribution < 1.29 is 9.18 Å². The maximum absolute atomic E-state index is 12.7. The smallest absolute Gasteiger partial charge is 0.253 e. The Labute approximate surface area is 114 Å². The minimum Gasteiger partial charge on any atom is -0.384 e. The van der Waals surface area contributed by atoms with E-state index in [1.54, 1.807) is 12.1 Å². The van der Waals surface area contributed by atoms with Gasteiger partial charge in [0.05, 0.1) is 10.6 Å². The first-order chi connectivity index (χ1) is 9.06. The van der Waals surface area contributed by atoms with Crippen molar-refractivity contribution in [1.29, 1.82) is 0 Å². The molecule has 0 radical (unpaired) electrons. The SMILES string of the molecule is Nc1cc(C(=O)NCc2ccc(F)cc2)c(Cl)cn1. The summed E-state index contributed by atoms with van der Waals surface area (Å²) in [7, 11) is 0. The number of carbonyl (C=O) groups is 1. The van der Waals surface area contributed by atoms with Gasteiger partial charge in [-0.05, 0) is 23.8 Å². The van der Waals surface area contributed by atoms with Crippen LogP contribution >= 0.6 is 11.6 Å². The third kappa shape index (κ3) is 3.42. The van der Waals surface area contributed by atoms with Crippen molar-refractivity contribution in [2.24, 2.45) is 0 Å². The molecular weight excluding hydrogens is 269 g/mol. The molecule has 6 heteroatoms. The van der Waals surface area contributed by atoms with E-state index in [0.717, 1.165) is 5.56 Å². The Hall–Kier alpha value is -2.14. The monoisotopic (exact) mass is 279 g/mol. The quantitative estimate of drug-likeness (QED) is 0.906. The lowest BCUT2D eigenvalue weighted by molar-refractivity contribution is 0.0951. The number of anilines is 1. The van der Waals surface area contributed by atoms with Crippen LogP contribution in [0.5, 0.6) is 0 Å². The zero-order valence-corrected chi connectivity index (χ0v) is 10.6. The summed E-state index contributed by atoms with van der Waals surface area (Å²) in [5, 5.41) is 2.90. The molecule has 2 aromatic rings. The van der Waals surface area contributed by atoms with Crippen LogP contribution in [0.1, 0.15) is 15.9 Å². The fourth-order valence-corrected chi connectivity index (χ4v) is 1.70. The van der Waals surface area contributed by atoms with Gasteiger partial charge in [-0.25, -0.2) is 9.37 Å². The van der Waals surface area contributed by atoms with E-state index in [1.165, 1.54) is 24.4 Å². The number of rotatable bonds is 3. The molecule has 3 N–H and O–H groups in total. The molecule has 0 atom stereocenters. The van der Waals surface area contributed by atoms with Crippen LogP contribution in [0.15, 0.2) is 36.5 Å². The molecule has 0 fully saturated rings. The summed E-state index contributed by atoms with van der Waals surface area (Å²) in [5.41, 5.74) is 6.54. The Kier molecular flexibility index (Phi) is 3.97. The van der Waals surface area contributed by atoms with Gasteiger partial charge in [-0.3, -0.25) is 4.79 Å². The van der Waals surface area contributed by atoms with Crippen molar-refractivity contribution >= 4 is 23.3 Å². The molecule has 1 aromatic carbocycles. The average molecular weight is 280 g/mol. The van der Waals surface area contributed by atoms with Gasteiger partial charge in [0.15, 0.2) is 0 Å². The molecule has 0 aliphatic rings. The highest BCUT2D eigenvalue weighted by Gasteiger charge is 2.11. The first kappa shape index (κ1) is 13.3. The number of pyridine rings is 1. The van der Waals surface area contributed by atoms with Gasteiger partial charge in [0.2, 0.25) is 0 Å². The van der Waals surface area contributed by atoms with E-state index in [0.29, 0.717) is 0 Å². The molecule has 98 valence electrons. The fourth-order valence-electron chi connectivity index (χ4n) is 1.51. The van der Waals surface area contributed by atoms with E-state index in [1.807, 2.05) is 0 Å². The molecule has 1 amide bonds. The second-order valence-electron chi connectivity index (χ2n) is 3.90. The van der Waals surface area contributed by atoms with Crippen LogP contribution in [-0.4, -0.2) is 10.9 Å². The topological polar surface area (TPSA) is 68.0 Å². The Balaban J connectivity index is 2.05. The Bertz CT molecular complexity index is 601. The fraction of sp³-hybridized carbons (Fsp3) is 0.0769. The van der Waals surface area contributed by atoms with Gasteiger partial charge in [-0.1, -0.05) is 23.7 Å². The predicted molar refractivity (Wildman–Crippen MR) is 71.2 cm³/mol. The average Bonchev–Trinajstić information content (AvgIpc) is 2.40. The van der Waals surface area contributed by atoms with Crippen molar-refractivity contribution in [2.45, 2.75) is 6.54 Å². The number of carbonyl (C=O) groups excluding carboxylic acids is 1. The first-order valence-corrected chi connectivity index (χ1v) is 5.88. The van der Waals surface area contributed by atoms with Gasteiger partial charge in [0.1, 0.15) is 11.6 Å². The second kappa shape index (κ2) is 5.67. The van der Waals surface area contributed by atoms with Crippen LogP contribution in [0.3, 0.4) is 0 Å². The number of hydrogen-bond donors (Lipinski definition) is 2. The number of nitrogen functional groups attached to an aromatic ring is 1. The minimum atomic E-state index is -0.358. The molecule has 0 aliphatic carbocycles. The summed E-state index contributed by atoms with van der Waals surface area (Å²) >= 11 is 5.87. The third-order valence-electron chi connectivity index (χ3n) is 2.49. The lowest BCUT2D eigenvalue weighted by atomic mass is 10.2. The lowest BCUT2D eigenvalue weighted by Crippen LogP contribution is -2.23. The summed E-state index contributed by atoms with van der Waals surface area (Å²) in [5.74, 6) is -0.459. The van der Waals surface area contributed by atoms with Crippen LogP contribution < -0.4 is 11.1 Å². The predicted octanol–water partition coefficient (Wildman–Crippen LogP) is 2.39. The van der Waals surface area contributed by atoms with Crippen molar-refractivity contribution in [3.05, 3.63) is 58.5 Å². The molecule has 0 unspecified atom stereocenters. The number of halogens is 2. The number of aromatic nitrogens is 1. The van der Waals surface area contributed by atoms with Crippen LogP contribution in [0.2, 0.25) is 5.02 Å². The van der Waals surface area contributed by atoms with Crippen LogP contribution in [-0.2, 0) is 6.54 Å². The molecule has 0 spiro atoms. The van der Waals surface area contributed by atoms with Gasteiger partial charge >= 0.3 is 0 Å². The second-order valence-corrected chi connectivity index (χ2v) is 4.31. The van der Waals surface area contributed by atoms with E-state index in [2.05, 4.69) is 10.3 Å². The minimum absolute atomic E-state index is 0.219. The van der Waals surface area contributed by atoms with Crippen LogP contribution in [0, 0.1) is 5.82 Å². The zero-order chi connectivity index (χ0) is 13.8. The summed E-state index contributed by atoms with van der Waals surface area (Å²) < 4.78 is 12.7. The maximum Gasteiger partial charge on any atom is 0.253 e. The van der Waals surface area contributed by atoms with Gasteiger partial charge < -0.3 is 11.1 Å². The van der Waals surface area contributed by atoms with E-state index in [-0.39, 0.29) is 34.7 Å². The number of nitrogens with zero attached hydrogens (tertiary/aromatic N) is 1. The zero-order valence-electron chi connectivity index (χ0n) is 9.86. The number of nitrogens with one attached hydrogen (secondary N) is 1. The van der Waals surface area contributed by atoms with Crippen molar-refractivity contribution in [3.8, 4) is 0 Å². The summed E-state index contributed by atoms with van der Waals surface area (Å²) in [4.78, 5) is 15.7. The normalized spacial score (nSPS) is 10.2. The standard InChI is InChI=1S/C13H11ClFN3O/c14-11-7-17-12(16)5-10(11)13(19)18-6-8-1-3-9(15)4-2-8/h1-5,7H,6H2,(H2,16,17)(H,18,19). The third-order valence-corrected chi connectivity index (χ3v) is 2.79. The Morgan fingerprint density at radius 1 is 1.37 bits per heavy atom. The molecular formula is C13H11ClFN3O. The van der Waals surface area contributed by atoms with Gasteiger partial charge in [0, 0.05) is 12.7 Å². The Morgan fingerprint density at radius 3 is 2.74 bits per heavy atom. The van der Waals surface area contributed by atoms with Crippen LogP contribution in [0.4, 0.5) is 10.2 Å². The summed E-state index contributed by atoms with van der Waals surface area (Å²) in [6, 6.07) is 7.26. The lowest BCUT2D eigenvalue weighted by Gasteiger charge is -2.07. The highest BCUT2D eigenvalue weighted by Crippen LogP contribution is 2.16. The molecule has 1 heterocycles. The summed E-state index contributed by atoms with van der Waals surface area (Å²) in [6.07, 6.45) is 1.32. The number of nitrogens with two attached hydrogens (primary N) is 1. The maximum atomic E-state index is 12.7. The van der Waals surface area contributed by atoms with Gasteiger partial charge in [-0.15, -0.1) is 0 Å². The van der Waals surface area contributed by atoms with Crippen molar-refractivity contribution in [1.82, 2.24) is 10.3 Å². The van der Waals surface area contributed by atoms with Gasteiger partial charge in [-0.2, -0.15) is 0 Å². The number of amides is 1. The number of benzene rings is 1. The Morgan fingerprint density at radius 2 is 2.05 bits per heavy atom. The summed E-state index contributed by atoms with van der Waals surface area (Å²) in [6.45, 7) is 0.275. The molecule has 19 heavy (non-hydrogen) atoms. The molecule has 4 nitrogen and oxygen atoms in total. The van der Waals surface area contributed by atoms with Crippen molar-refractivity contribution in [2.75, 3.05) is 5.73 Å². The van der Waals surface area contributed by atoms with E-state index < -0.39 is 0 Å². The van der Waals surface area contributed by atoms with E-state index in [4.69, 9.17) is 17.3 Å². The van der Waals surface area contributed by atoms with E-state index in [9.17, 15) is 9.18 Å². The van der Waals surface area contributed by atoms with Crippen molar-refractivity contribution in [3.63, 3.8) is 0 Å². The molecule has 1 aromatic heterocycles. The van der Waals surface area contributed by atoms with Crippen LogP contribution in [0.25, 0.3) is 0 Å². The molecule has 0 aliphatic heterocycles. The highest BCUT2D eigenvalue weighted by atomic mass is 35.5.